The highest BCUT2D eigenvalue weighted by atomic mass is 32.2. The number of methoxy groups -OCH3 is 2. The molecule has 0 aliphatic carbocycles. The van der Waals surface area contributed by atoms with Gasteiger partial charge in [-0.15, -0.1) is 0 Å². The van der Waals surface area contributed by atoms with Gasteiger partial charge in [-0.3, -0.25) is 13.9 Å². The molecule has 42 heavy (non-hydrogen) atoms. The molecule has 0 saturated heterocycles. The van der Waals surface area contributed by atoms with E-state index in [1.165, 1.54) is 37.3 Å². The zero-order valence-corrected chi connectivity index (χ0v) is 26.0. The molecular weight excluding hydrogens is 554 g/mol. The van der Waals surface area contributed by atoms with E-state index in [-0.39, 0.29) is 29.0 Å². The van der Waals surface area contributed by atoms with Gasteiger partial charge in [0.2, 0.25) is 11.8 Å². The summed E-state index contributed by atoms with van der Waals surface area (Å²) >= 11 is 0. The summed E-state index contributed by atoms with van der Waals surface area (Å²) in [5.41, 5.74) is 1.94. The van der Waals surface area contributed by atoms with Gasteiger partial charge in [0, 0.05) is 19.2 Å². The van der Waals surface area contributed by atoms with Crippen LogP contribution in [0, 0.1) is 12.8 Å². The molecule has 0 saturated carbocycles. The van der Waals surface area contributed by atoms with E-state index in [2.05, 4.69) is 5.32 Å². The minimum atomic E-state index is -4.20. The molecule has 0 unspecified atom stereocenters. The number of nitrogens with one attached hydrogen (secondary N) is 1. The first kappa shape index (κ1) is 32.5. The summed E-state index contributed by atoms with van der Waals surface area (Å²) in [5, 5.41) is 2.93. The van der Waals surface area contributed by atoms with Crippen LogP contribution in [0.3, 0.4) is 0 Å². The standard InChI is InChI=1S/C32H41N3O6S/c1-7-28(32(37)33-20-23(2)3)34(21-25-11-9-8-10-12-25)31(36)22-35(26-15-18-29(40-5)30(19-26)41-6)42(38,39)27-16-13-24(4)14-17-27/h8-19,23,28H,7,20-22H2,1-6H3,(H,33,37)/t28-/m0/s1. The lowest BCUT2D eigenvalue weighted by atomic mass is 10.1. The molecule has 0 aliphatic rings. The van der Waals surface area contributed by atoms with Crippen LogP contribution in [0.1, 0.15) is 38.3 Å². The third-order valence-corrected chi connectivity index (χ3v) is 8.60. The van der Waals surface area contributed by atoms with Gasteiger partial charge >= 0.3 is 0 Å². The lowest BCUT2D eigenvalue weighted by molar-refractivity contribution is -0.140. The minimum absolute atomic E-state index is 0.0343. The first-order valence-corrected chi connectivity index (χ1v) is 15.4. The number of hydrogen-bond acceptors (Lipinski definition) is 6. The summed E-state index contributed by atoms with van der Waals surface area (Å²) in [6.45, 7) is 7.74. The second-order valence-corrected chi connectivity index (χ2v) is 12.3. The number of benzene rings is 3. The van der Waals surface area contributed by atoms with Crippen molar-refractivity contribution in [1.29, 1.82) is 0 Å². The van der Waals surface area contributed by atoms with Crippen molar-refractivity contribution in [3.63, 3.8) is 0 Å². The maximum atomic E-state index is 14.2. The number of anilines is 1. The van der Waals surface area contributed by atoms with Crippen LogP contribution in [0.25, 0.3) is 0 Å². The highest BCUT2D eigenvalue weighted by molar-refractivity contribution is 7.92. The van der Waals surface area contributed by atoms with Gasteiger partial charge in [0.1, 0.15) is 12.6 Å². The Bertz CT molecular complexity index is 1440. The molecule has 1 atom stereocenters. The van der Waals surface area contributed by atoms with Crippen molar-refractivity contribution in [2.75, 3.05) is 31.6 Å². The lowest BCUT2D eigenvalue weighted by Crippen LogP contribution is -2.52. The Morgan fingerprint density at radius 1 is 0.905 bits per heavy atom. The van der Waals surface area contributed by atoms with E-state index in [9.17, 15) is 18.0 Å². The maximum absolute atomic E-state index is 14.2. The van der Waals surface area contributed by atoms with Crippen LogP contribution >= 0.6 is 0 Å². The predicted molar refractivity (Wildman–Crippen MR) is 164 cm³/mol. The second kappa shape index (κ2) is 14.7. The van der Waals surface area contributed by atoms with Crippen molar-refractivity contribution in [3.05, 3.63) is 83.9 Å². The lowest BCUT2D eigenvalue weighted by Gasteiger charge is -2.33. The van der Waals surface area contributed by atoms with Crippen molar-refractivity contribution < 1.29 is 27.5 Å². The van der Waals surface area contributed by atoms with Crippen LogP contribution in [-0.2, 0) is 26.2 Å². The fraction of sp³-hybridized carbons (Fsp3) is 0.375. The summed E-state index contributed by atoms with van der Waals surface area (Å²) in [6, 6.07) is 19.6. The van der Waals surface area contributed by atoms with Crippen LogP contribution in [0.15, 0.2) is 77.7 Å². The molecule has 0 spiro atoms. The van der Waals surface area contributed by atoms with E-state index in [4.69, 9.17) is 9.47 Å². The van der Waals surface area contributed by atoms with Crippen LogP contribution in [0.4, 0.5) is 5.69 Å². The normalized spacial score (nSPS) is 12.0. The Labute approximate surface area is 249 Å². The molecule has 0 radical (unpaired) electrons. The van der Waals surface area contributed by atoms with E-state index in [1.54, 1.807) is 24.3 Å². The number of aryl methyl sites for hydroxylation is 1. The van der Waals surface area contributed by atoms with Gasteiger partial charge < -0.3 is 19.7 Å². The Hall–Kier alpha value is -4.05. The molecule has 0 aromatic heterocycles. The van der Waals surface area contributed by atoms with E-state index in [0.29, 0.717) is 24.5 Å². The van der Waals surface area contributed by atoms with Gasteiger partial charge in [0.05, 0.1) is 24.8 Å². The summed E-state index contributed by atoms with van der Waals surface area (Å²) in [5.74, 6) is 0.154. The van der Waals surface area contributed by atoms with Crippen LogP contribution in [-0.4, -0.2) is 58.5 Å². The van der Waals surface area contributed by atoms with Crippen molar-refractivity contribution in [2.45, 2.75) is 51.6 Å². The van der Waals surface area contributed by atoms with Gasteiger partial charge in [-0.1, -0.05) is 68.8 Å². The zero-order chi connectivity index (χ0) is 30.9. The number of carbonyl (C=O) groups excluding carboxylic acids is 2. The SMILES string of the molecule is CC[C@@H](C(=O)NCC(C)C)N(Cc1ccccc1)C(=O)CN(c1ccc(OC)c(OC)c1)S(=O)(=O)c1ccc(C)cc1. The van der Waals surface area contributed by atoms with Crippen molar-refractivity contribution in [3.8, 4) is 11.5 Å². The fourth-order valence-corrected chi connectivity index (χ4v) is 5.87. The predicted octanol–water partition coefficient (Wildman–Crippen LogP) is 4.79. The molecular formula is C32H41N3O6S. The van der Waals surface area contributed by atoms with Gasteiger partial charge in [-0.25, -0.2) is 8.42 Å². The second-order valence-electron chi connectivity index (χ2n) is 10.4. The van der Waals surface area contributed by atoms with Crippen LogP contribution in [0.5, 0.6) is 11.5 Å². The van der Waals surface area contributed by atoms with Gasteiger partial charge in [0.15, 0.2) is 11.5 Å². The van der Waals surface area contributed by atoms with E-state index in [0.717, 1.165) is 15.4 Å². The van der Waals surface area contributed by atoms with E-state index in [1.807, 2.05) is 58.0 Å². The third-order valence-electron chi connectivity index (χ3n) is 6.81. The molecule has 3 aromatic carbocycles. The van der Waals surface area contributed by atoms with Crippen molar-refractivity contribution in [2.24, 2.45) is 5.92 Å². The number of rotatable bonds is 14. The van der Waals surface area contributed by atoms with Crippen LogP contribution in [0.2, 0.25) is 0 Å². The van der Waals surface area contributed by atoms with Crippen molar-refractivity contribution >= 4 is 27.5 Å². The molecule has 3 rings (SSSR count). The molecule has 0 fully saturated rings. The number of sulfonamides is 1. The van der Waals surface area contributed by atoms with E-state index < -0.39 is 28.5 Å². The number of carbonyl (C=O) groups is 2. The minimum Gasteiger partial charge on any atom is -0.493 e. The Morgan fingerprint density at radius 3 is 2.12 bits per heavy atom. The quantitative estimate of drug-likeness (QED) is 0.288. The summed E-state index contributed by atoms with van der Waals surface area (Å²) < 4.78 is 40.0. The fourth-order valence-electron chi connectivity index (χ4n) is 4.47. The molecule has 3 aromatic rings. The summed E-state index contributed by atoms with van der Waals surface area (Å²) in [4.78, 5) is 29.0. The average molecular weight is 596 g/mol. The molecule has 0 aliphatic heterocycles. The first-order chi connectivity index (χ1) is 20.0. The molecule has 2 amide bonds. The van der Waals surface area contributed by atoms with Gasteiger partial charge in [-0.05, 0) is 49.1 Å². The summed E-state index contributed by atoms with van der Waals surface area (Å²) in [7, 11) is -1.26. The monoisotopic (exact) mass is 595 g/mol. The largest absolute Gasteiger partial charge is 0.493 e. The molecule has 10 heteroatoms. The van der Waals surface area contributed by atoms with Crippen molar-refractivity contribution in [1.82, 2.24) is 10.2 Å². The molecule has 226 valence electrons. The number of hydrogen-bond donors (Lipinski definition) is 1. The Kier molecular flexibility index (Phi) is 11.4. The molecule has 1 N–H and O–H groups in total. The number of amides is 2. The third kappa shape index (κ3) is 8.03. The summed E-state index contributed by atoms with van der Waals surface area (Å²) in [6.07, 6.45) is 0.351. The highest BCUT2D eigenvalue weighted by Crippen LogP contribution is 2.34. The van der Waals surface area contributed by atoms with Gasteiger partial charge in [0.25, 0.3) is 10.0 Å². The molecule has 0 bridgehead atoms. The molecule has 0 heterocycles. The average Bonchev–Trinajstić information content (AvgIpc) is 2.98. The Balaban J connectivity index is 2.09. The highest BCUT2D eigenvalue weighted by Gasteiger charge is 2.34. The van der Waals surface area contributed by atoms with E-state index >= 15 is 0 Å². The van der Waals surface area contributed by atoms with Crippen LogP contribution < -0.4 is 19.1 Å². The Morgan fingerprint density at radius 2 is 1.55 bits per heavy atom. The number of nitrogens with zero attached hydrogens (tertiary/aromatic N) is 2. The maximum Gasteiger partial charge on any atom is 0.264 e. The molecule has 9 nitrogen and oxygen atoms in total. The van der Waals surface area contributed by atoms with Gasteiger partial charge in [-0.2, -0.15) is 0 Å². The first-order valence-electron chi connectivity index (χ1n) is 13.9. The zero-order valence-electron chi connectivity index (χ0n) is 25.2. The topological polar surface area (TPSA) is 105 Å². The smallest absolute Gasteiger partial charge is 0.264 e. The number of ether oxygens (including phenoxy) is 2.